The first kappa shape index (κ1) is 13.2. The Kier molecular flexibility index (Phi) is 5.47. The molecule has 0 aliphatic carbocycles. The van der Waals surface area contributed by atoms with Gasteiger partial charge in [0.15, 0.2) is 11.5 Å². The molecule has 1 aromatic carbocycles. The predicted molar refractivity (Wildman–Crippen MR) is 67.5 cm³/mol. The van der Waals surface area contributed by atoms with Crippen LogP contribution in [-0.4, -0.2) is 13.2 Å². The van der Waals surface area contributed by atoms with Gasteiger partial charge in [-0.1, -0.05) is 19.9 Å². The Labute approximate surface area is 103 Å². The van der Waals surface area contributed by atoms with Gasteiger partial charge in [0.05, 0.1) is 13.2 Å². The second-order valence-electron chi connectivity index (χ2n) is 3.68. The molecule has 0 unspecified atom stereocenters. The van der Waals surface area contributed by atoms with Crippen LogP contribution in [0, 0.1) is 0 Å². The third kappa shape index (κ3) is 3.31. The van der Waals surface area contributed by atoms with Crippen molar-refractivity contribution >= 4 is 11.6 Å². The third-order valence-corrected chi connectivity index (χ3v) is 2.90. The van der Waals surface area contributed by atoms with Gasteiger partial charge < -0.3 is 9.47 Å². The first-order valence-electron chi connectivity index (χ1n) is 5.64. The number of alkyl halides is 1. The van der Waals surface area contributed by atoms with Crippen LogP contribution in [-0.2, 0) is 5.88 Å². The maximum atomic E-state index is 5.87. The number of halogens is 1. The molecule has 3 heteroatoms. The monoisotopic (exact) mass is 242 g/mol. The van der Waals surface area contributed by atoms with Crippen LogP contribution < -0.4 is 9.47 Å². The molecular weight excluding hydrogens is 224 g/mol. The van der Waals surface area contributed by atoms with E-state index in [1.165, 1.54) is 0 Å². The summed E-state index contributed by atoms with van der Waals surface area (Å²) < 4.78 is 11.2. The summed E-state index contributed by atoms with van der Waals surface area (Å²) in [7, 11) is 1.65. The Balaban J connectivity index is 2.86. The number of rotatable bonds is 6. The van der Waals surface area contributed by atoms with Crippen molar-refractivity contribution in [3.63, 3.8) is 0 Å². The van der Waals surface area contributed by atoms with E-state index < -0.39 is 0 Å². The summed E-state index contributed by atoms with van der Waals surface area (Å²) in [5, 5.41) is 0. The zero-order chi connectivity index (χ0) is 12.0. The minimum Gasteiger partial charge on any atom is -0.493 e. The molecule has 0 saturated carbocycles. The first-order valence-corrected chi connectivity index (χ1v) is 6.18. The van der Waals surface area contributed by atoms with E-state index in [4.69, 9.17) is 21.1 Å². The van der Waals surface area contributed by atoms with Crippen LogP contribution in [0.4, 0.5) is 0 Å². The lowest BCUT2D eigenvalue weighted by molar-refractivity contribution is 0.185. The summed E-state index contributed by atoms with van der Waals surface area (Å²) in [5.41, 5.74) is 1.04. The predicted octanol–water partition coefficient (Wildman–Crippen LogP) is 4.00. The summed E-state index contributed by atoms with van der Waals surface area (Å²) in [6.07, 6.45) is 2.24. The van der Waals surface area contributed by atoms with Crippen LogP contribution in [0.1, 0.15) is 32.3 Å². The molecule has 0 amide bonds. The molecule has 0 aromatic heterocycles. The van der Waals surface area contributed by atoms with Crippen molar-refractivity contribution in [3.05, 3.63) is 23.8 Å². The molecule has 90 valence electrons. The van der Waals surface area contributed by atoms with E-state index in [-0.39, 0.29) is 6.10 Å². The zero-order valence-electron chi connectivity index (χ0n) is 10.1. The van der Waals surface area contributed by atoms with Crippen LogP contribution in [0.15, 0.2) is 18.2 Å². The maximum absolute atomic E-state index is 5.87. The molecule has 0 radical (unpaired) electrons. The lowest BCUT2D eigenvalue weighted by Gasteiger charge is -2.18. The Morgan fingerprint density at radius 2 is 1.88 bits per heavy atom. The highest BCUT2D eigenvalue weighted by atomic mass is 35.5. The topological polar surface area (TPSA) is 18.5 Å². The molecule has 0 saturated heterocycles. The van der Waals surface area contributed by atoms with Crippen molar-refractivity contribution in [1.82, 2.24) is 0 Å². The van der Waals surface area contributed by atoms with Crippen molar-refractivity contribution in [2.75, 3.05) is 7.11 Å². The summed E-state index contributed by atoms with van der Waals surface area (Å²) in [4.78, 5) is 0. The number of ether oxygens (including phenoxy) is 2. The third-order valence-electron chi connectivity index (χ3n) is 2.59. The highest BCUT2D eigenvalue weighted by Crippen LogP contribution is 2.30. The summed E-state index contributed by atoms with van der Waals surface area (Å²) >= 11 is 5.77. The van der Waals surface area contributed by atoms with Crippen LogP contribution in [0.25, 0.3) is 0 Å². The summed E-state index contributed by atoms with van der Waals surface area (Å²) in [6, 6.07) is 5.81. The number of hydrogen-bond acceptors (Lipinski definition) is 2. The van der Waals surface area contributed by atoms with Crippen LogP contribution in [0.2, 0.25) is 0 Å². The van der Waals surface area contributed by atoms with Crippen molar-refractivity contribution < 1.29 is 9.47 Å². The maximum Gasteiger partial charge on any atom is 0.161 e. The Bertz CT molecular complexity index is 322. The van der Waals surface area contributed by atoms with Gasteiger partial charge in [0, 0.05) is 5.88 Å². The fraction of sp³-hybridized carbons (Fsp3) is 0.538. The zero-order valence-corrected chi connectivity index (χ0v) is 10.9. The quantitative estimate of drug-likeness (QED) is 0.702. The molecule has 0 spiro atoms. The molecule has 0 atom stereocenters. The van der Waals surface area contributed by atoms with E-state index in [9.17, 15) is 0 Å². The van der Waals surface area contributed by atoms with Gasteiger partial charge in [-0.15, -0.1) is 11.6 Å². The average molecular weight is 243 g/mol. The number of benzene rings is 1. The largest absolute Gasteiger partial charge is 0.493 e. The van der Waals surface area contributed by atoms with Gasteiger partial charge >= 0.3 is 0 Å². The highest BCUT2D eigenvalue weighted by Gasteiger charge is 2.10. The summed E-state index contributed by atoms with van der Waals surface area (Å²) in [5.74, 6) is 2.04. The molecule has 0 fully saturated rings. The average Bonchev–Trinajstić information content (AvgIpc) is 2.35. The Morgan fingerprint density at radius 3 is 2.38 bits per heavy atom. The van der Waals surface area contributed by atoms with E-state index in [0.29, 0.717) is 5.88 Å². The molecule has 0 aliphatic heterocycles. The molecule has 0 heterocycles. The van der Waals surface area contributed by atoms with Crippen molar-refractivity contribution in [2.24, 2.45) is 0 Å². The van der Waals surface area contributed by atoms with Crippen molar-refractivity contribution in [2.45, 2.75) is 38.7 Å². The molecule has 2 nitrogen and oxygen atoms in total. The van der Waals surface area contributed by atoms with Crippen LogP contribution in [0.3, 0.4) is 0 Å². The van der Waals surface area contributed by atoms with Gasteiger partial charge in [-0.2, -0.15) is 0 Å². The van der Waals surface area contributed by atoms with Crippen molar-refractivity contribution in [3.8, 4) is 11.5 Å². The van der Waals surface area contributed by atoms with Gasteiger partial charge in [0.2, 0.25) is 0 Å². The number of hydrogen-bond donors (Lipinski definition) is 0. The Morgan fingerprint density at radius 1 is 1.19 bits per heavy atom. The van der Waals surface area contributed by atoms with Gasteiger partial charge in [-0.05, 0) is 30.5 Å². The second kappa shape index (κ2) is 6.64. The second-order valence-corrected chi connectivity index (χ2v) is 3.94. The van der Waals surface area contributed by atoms with E-state index >= 15 is 0 Å². The molecule has 0 aliphatic rings. The van der Waals surface area contributed by atoms with Gasteiger partial charge in [-0.3, -0.25) is 0 Å². The van der Waals surface area contributed by atoms with Crippen LogP contribution in [0.5, 0.6) is 11.5 Å². The smallest absolute Gasteiger partial charge is 0.161 e. The fourth-order valence-corrected chi connectivity index (χ4v) is 1.69. The minimum atomic E-state index is 0.246. The lowest BCUT2D eigenvalue weighted by atomic mass is 10.2. The fourth-order valence-electron chi connectivity index (χ4n) is 1.53. The SMILES string of the molecule is CCC(CC)Oc1ccc(CCl)cc1OC. The Hall–Kier alpha value is -0.890. The molecule has 16 heavy (non-hydrogen) atoms. The minimum absolute atomic E-state index is 0.246. The van der Waals surface area contributed by atoms with Gasteiger partial charge in [-0.25, -0.2) is 0 Å². The first-order chi connectivity index (χ1) is 7.74. The number of methoxy groups -OCH3 is 1. The van der Waals surface area contributed by atoms with E-state index in [1.54, 1.807) is 7.11 Å². The highest BCUT2D eigenvalue weighted by molar-refractivity contribution is 6.17. The van der Waals surface area contributed by atoms with Gasteiger partial charge in [0.1, 0.15) is 0 Å². The van der Waals surface area contributed by atoms with E-state index in [2.05, 4.69) is 13.8 Å². The summed E-state index contributed by atoms with van der Waals surface area (Å²) in [6.45, 7) is 4.24. The van der Waals surface area contributed by atoms with E-state index in [0.717, 1.165) is 29.9 Å². The van der Waals surface area contributed by atoms with Crippen molar-refractivity contribution in [1.29, 1.82) is 0 Å². The van der Waals surface area contributed by atoms with Crippen LogP contribution >= 0.6 is 11.6 Å². The standard InChI is InChI=1S/C13H19ClO2/c1-4-11(5-2)16-12-7-6-10(9-14)8-13(12)15-3/h6-8,11H,4-5,9H2,1-3H3. The van der Waals surface area contributed by atoms with E-state index in [1.807, 2.05) is 18.2 Å². The lowest BCUT2D eigenvalue weighted by Crippen LogP contribution is -2.14. The molecule has 1 rings (SSSR count). The molecule has 0 N–H and O–H groups in total. The molecule has 0 bridgehead atoms. The van der Waals surface area contributed by atoms with Gasteiger partial charge in [0.25, 0.3) is 0 Å². The molecular formula is C13H19ClO2. The normalized spacial score (nSPS) is 10.6. The molecule has 1 aromatic rings.